The number of carbonyl (C=O) groups is 1. The fourth-order valence-electron chi connectivity index (χ4n) is 1.36. The number of anilines is 1. The quantitative estimate of drug-likeness (QED) is 0.773. The third kappa shape index (κ3) is 2.98. The van der Waals surface area contributed by atoms with Crippen LogP contribution in [0.25, 0.3) is 0 Å². The summed E-state index contributed by atoms with van der Waals surface area (Å²) in [7, 11) is 1.39. The molecule has 1 aromatic carbocycles. The Labute approximate surface area is 90.4 Å². The minimum Gasteiger partial charge on any atom is -0.467 e. The molecule has 1 aromatic rings. The Hall–Kier alpha value is -1.51. The van der Waals surface area contributed by atoms with E-state index in [9.17, 15) is 4.79 Å². The monoisotopic (exact) mass is 207 g/mol. The van der Waals surface area contributed by atoms with Crippen molar-refractivity contribution in [2.45, 2.75) is 26.8 Å². The highest BCUT2D eigenvalue weighted by atomic mass is 16.5. The number of rotatable bonds is 3. The van der Waals surface area contributed by atoms with Crippen LogP contribution in [0, 0.1) is 13.8 Å². The summed E-state index contributed by atoms with van der Waals surface area (Å²) in [4.78, 5) is 11.2. The highest BCUT2D eigenvalue weighted by Gasteiger charge is 2.13. The van der Waals surface area contributed by atoms with Crippen molar-refractivity contribution in [3.05, 3.63) is 29.3 Å². The third-order valence-corrected chi connectivity index (χ3v) is 2.32. The van der Waals surface area contributed by atoms with Gasteiger partial charge in [-0.1, -0.05) is 12.1 Å². The van der Waals surface area contributed by atoms with Gasteiger partial charge in [-0.2, -0.15) is 0 Å². The second-order valence-corrected chi connectivity index (χ2v) is 3.71. The number of methoxy groups -OCH3 is 1. The zero-order chi connectivity index (χ0) is 11.4. The number of esters is 1. The van der Waals surface area contributed by atoms with Crippen LogP contribution in [-0.2, 0) is 9.53 Å². The lowest BCUT2D eigenvalue weighted by atomic mass is 10.1. The average molecular weight is 207 g/mol. The smallest absolute Gasteiger partial charge is 0.327 e. The molecule has 1 atom stereocenters. The summed E-state index contributed by atoms with van der Waals surface area (Å²) in [6.45, 7) is 5.81. The SMILES string of the molecule is COC(=O)[C@H](C)Nc1cc(C)ccc1C. The Morgan fingerprint density at radius 2 is 2.07 bits per heavy atom. The van der Waals surface area contributed by atoms with Crippen molar-refractivity contribution in [2.24, 2.45) is 0 Å². The maximum absolute atomic E-state index is 11.2. The number of nitrogens with one attached hydrogen (secondary N) is 1. The molecule has 0 fully saturated rings. The maximum Gasteiger partial charge on any atom is 0.327 e. The van der Waals surface area contributed by atoms with Crippen LogP contribution >= 0.6 is 0 Å². The molecule has 0 unspecified atom stereocenters. The Balaban J connectivity index is 2.80. The van der Waals surface area contributed by atoms with Crippen LogP contribution in [0.5, 0.6) is 0 Å². The van der Waals surface area contributed by atoms with Gasteiger partial charge >= 0.3 is 5.97 Å². The average Bonchev–Trinajstić information content (AvgIpc) is 2.22. The lowest BCUT2D eigenvalue weighted by Gasteiger charge is -2.15. The number of ether oxygens (including phenoxy) is 1. The van der Waals surface area contributed by atoms with E-state index in [2.05, 4.69) is 10.1 Å². The molecule has 0 aliphatic carbocycles. The van der Waals surface area contributed by atoms with Crippen LogP contribution < -0.4 is 5.32 Å². The zero-order valence-corrected chi connectivity index (χ0v) is 9.63. The van der Waals surface area contributed by atoms with E-state index in [1.54, 1.807) is 6.92 Å². The van der Waals surface area contributed by atoms with E-state index in [1.807, 2.05) is 32.0 Å². The summed E-state index contributed by atoms with van der Waals surface area (Å²) < 4.78 is 4.65. The first-order valence-electron chi connectivity index (χ1n) is 4.96. The van der Waals surface area contributed by atoms with Gasteiger partial charge in [0.1, 0.15) is 6.04 Å². The van der Waals surface area contributed by atoms with E-state index < -0.39 is 0 Å². The number of hydrogen-bond acceptors (Lipinski definition) is 3. The second kappa shape index (κ2) is 4.82. The number of hydrogen-bond donors (Lipinski definition) is 1. The van der Waals surface area contributed by atoms with Gasteiger partial charge in [0.25, 0.3) is 0 Å². The first-order chi connectivity index (χ1) is 7.04. The summed E-state index contributed by atoms with van der Waals surface area (Å²) in [5.74, 6) is -0.254. The molecule has 82 valence electrons. The second-order valence-electron chi connectivity index (χ2n) is 3.71. The minimum atomic E-state index is -0.324. The molecular weight excluding hydrogens is 190 g/mol. The number of aryl methyl sites for hydroxylation is 2. The van der Waals surface area contributed by atoms with Crippen LogP contribution in [0.1, 0.15) is 18.1 Å². The van der Waals surface area contributed by atoms with Crippen molar-refractivity contribution in [1.29, 1.82) is 0 Å². The van der Waals surface area contributed by atoms with E-state index in [0.29, 0.717) is 0 Å². The van der Waals surface area contributed by atoms with Crippen molar-refractivity contribution < 1.29 is 9.53 Å². The van der Waals surface area contributed by atoms with Crippen molar-refractivity contribution in [3.8, 4) is 0 Å². The van der Waals surface area contributed by atoms with Crippen molar-refractivity contribution in [3.63, 3.8) is 0 Å². The molecule has 0 heterocycles. The van der Waals surface area contributed by atoms with E-state index >= 15 is 0 Å². The maximum atomic E-state index is 11.2. The highest BCUT2D eigenvalue weighted by Crippen LogP contribution is 2.17. The van der Waals surface area contributed by atoms with Gasteiger partial charge in [0.05, 0.1) is 7.11 Å². The summed E-state index contributed by atoms with van der Waals surface area (Å²) in [6, 6.07) is 5.77. The van der Waals surface area contributed by atoms with Gasteiger partial charge in [0.2, 0.25) is 0 Å². The number of benzene rings is 1. The molecule has 3 heteroatoms. The standard InChI is InChI=1S/C12H17NO2/c1-8-5-6-9(2)11(7-8)13-10(3)12(14)15-4/h5-7,10,13H,1-4H3/t10-/m0/s1. The Morgan fingerprint density at radius 3 is 2.67 bits per heavy atom. The van der Waals surface area contributed by atoms with Crippen LogP contribution in [-0.4, -0.2) is 19.1 Å². The van der Waals surface area contributed by atoms with E-state index in [1.165, 1.54) is 12.7 Å². The Kier molecular flexibility index (Phi) is 3.72. The van der Waals surface area contributed by atoms with Gasteiger partial charge in [-0.15, -0.1) is 0 Å². The van der Waals surface area contributed by atoms with Crippen LogP contribution in [0.2, 0.25) is 0 Å². The van der Waals surface area contributed by atoms with E-state index in [0.717, 1.165) is 11.3 Å². The first-order valence-corrected chi connectivity index (χ1v) is 4.96. The molecule has 0 saturated heterocycles. The largest absolute Gasteiger partial charge is 0.467 e. The fraction of sp³-hybridized carbons (Fsp3) is 0.417. The molecule has 0 radical (unpaired) electrons. The minimum absolute atomic E-state index is 0.254. The molecule has 0 aliphatic rings. The molecule has 0 spiro atoms. The van der Waals surface area contributed by atoms with Gasteiger partial charge in [-0.25, -0.2) is 4.79 Å². The van der Waals surface area contributed by atoms with Gasteiger partial charge in [0.15, 0.2) is 0 Å². The molecule has 0 aromatic heterocycles. The van der Waals surface area contributed by atoms with Gasteiger partial charge in [0, 0.05) is 5.69 Å². The molecule has 0 aliphatic heterocycles. The predicted molar refractivity (Wildman–Crippen MR) is 61.0 cm³/mol. The van der Waals surface area contributed by atoms with Crippen molar-refractivity contribution in [1.82, 2.24) is 0 Å². The fourth-order valence-corrected chi connectivity index (χ4v) is 1.36. The van der Waals surface area contributed by atoms with Crippen LogP contribution in [0.4, 0.5) is 5.69 Å². The normalized spacial score (nSPS) is 12.0. The predicted octanol–water partition coefficient (Wildman–Crippen LogP) is 2.28. The molecule has 0 saturated carbocycles. The first kappa shape index (κ1) is 11.6. The van der Waals surface area contributed by atoms with Crippen molar-refractivity contribution >= 4 is 11.7 Å². The van der Waals surface area contributed by atoms with E-state index in [4.69, 9.17) is 0 Å². The van der Waals surface area contributed by atoms with Gasteiger partial charge in [-0.05, 0) is 38.0 Å². The topological polar surface area (TPSA) is 38.3 Å². The highest BCUT2D eigenvalue weighted by molar-refractivity contribution is 5.79. The lowest BCUT2D eigenvalue weighted by Crippen LogP contribution is -2.27. The molecule has 15 heavy (non-hydrogen) atoms. The lowest BCUT2D eigenvalue weighted by molar-refractivity contribution is -0.141. The molecule has 1 rings (SSSR count). The molecular formula is C12H17NO2. The zero-order valence-electron chi connectivity index (χ0n) is 9.63. The summed E-state index contributed by atoms with van der Waals surface area (Å²) in [6.07, 6.45) is 0. The van der Waals surface area contributed by atoms with Gasteiger partial charge < -0.3 is 10.1 Å². The van der Waals surface area contributed by atoms with Crippen LogP contribution in [0.3, 0.4) is 0 Å². The third-order valence-electron chi connectivity index (χ3n) is 2.32. The molecule has 0 bridgehead atoms. The molecule has 3 nitrogen and oxygen atoms in total. The summed E-state index contributed by atoms with van der Waals surface area (Å²) >= 11 is 0. The summed E-state index contributed by atoms with van der Waals surface area (Å²) in [5.41, 5.74) is 3.27. The van der Waals surface area contributed by atoms with Crippen LogP contribution in [0.15, 0.2) is 18.2 Å². The Bertz CT molecular complexity index is 361. The summed E-state index contributed by atoms with van der Waals surface area (Å²) in [5, 5.41) is 3.13. The Morgan fingerprint density at radius 1 is 1.40 bits per heavy atom. The van der Waals surface area contributed by atoms with Crippen molar-refractivity contribution in [2.75, 3.05) is 12.4 Å². The van der Waals surface area contributed by atoms with E-state index in [-0.39, 0.29) is 12.0 Å². The van der Waals surface area contributed by atoms with Gasteiger partial charge in [-0.3, -0.25) is 0 Å². The molecule has 0 amide bonds. The number of carbonyl (C=O) groups excluding carboxylic acids is 1. The molecule has 1 N–H and O–H groups in total.